The molecule has 3 aromatic carbocycles. The van der Waals surface area contributed by atoms with Crippen molar-refractivity contribution in [2.45, 2.75) is 31.8 Å². The fourth-order valence-electron chi connectivity index (χ4n) is 3.59. The van der Waals surface area contributed by atoms with Crippen molar-refractivity contribution in [3.05, 3.63) is 94.3 Å². The van der Waals surface area contributed by atoms with E-state index >= 15 is 0 Å². The average molecular weight is 528 g/mol. The Bertz CT molecular complexity index is 1300. The Kier molecular flexibility index (Phi) is 7.36. The predicted octanol–water partition coefficient (Wildman–Crippen LogP) is 6.26. The first kappa shape index (κ1) is 27.7. The van der Waals surface area contributed by atoms with Crippen molar-refractivity contribution >= 4 is 23.2 Å². The summed E-state index contributed by atoms with van der Waals surface area (Å²) >= 11 is 0. The van der Waals surface area contributed by atoms with Crippen LogP contribution in [0.2, 0.25) is 0 Å². The maximum absolute atomic E-state index is 13.2. The molecule has 0 aliphatic rings. The molecule has 196 valence electrons. The fourth-order valence-corrected chi connectivity index (χ4v) is 3.59. The van der Waals surface area contributed by atoms with Crippen molar-refractivity contribution in [2.75, 3.05) is 10.6 Å². The number of hydrogen-bond donors (Lipinski definition) is 3. The van der Waals surface area contributed by atoms with E-state index in [2.05, 4.69) is 10.6 Å². The largest absolute Gasteiger partial charge is 0.430 e. The zero-order chi connectivity index (χ0) is 27.8. The minimum atomic E-state index is -6.05. The van der Waals surface area contributed by atoms with Crippen molar-refractivity contribution in [1.29, 1.82) is 0 Å². The van der Waals surface area contributed by atoms with Crippen molar-refractivity contribution in [1.82, 2.24) is 0 Å². The molecule has 0 fully saturated rings. The number of carbonyl (C=O) groups is 2. The van der Waals surface area contributed by atoms with Crippen LogP contribution in [0.4, 0.5) is 42.1 Å². The zero-order valence-corrected chi connectivity index (χ0v) is 19.2. The van der Waals surface area contributed by atoms with Gasteiger partial charge in [-0.25, -0.2) is 4.39 Å². The molecular formula is C25H19F7N2O3. The minimum Gasteiger partial charge on any atom is -0.369 e. The van der Waals surface area contributed by atoms with Gasteiger partial charge in [0.15, 0.2) is 0 Å². The summed E-state index contributed by atoms with van der Waals surface area (Å²) in [6, 6.07) is 11.3. The van der Waals surface area contributed by atoms with Crippen molar-refractivity contribution in [3.63, 3.8) is 0 Å². The molecule has 3 aromatic rings. The van der Waals surface area contributed by atoms with Gasteiger partial charge in [-0.3, -0.25) is 9.59 Å². The normalized spacial score (nSPS) is 12.3. The first-order chi connectivity index (χ1) is 17.0. The molecule has 0 aromatic heterocycles. The third kappa shape index (κ3) is 5.58. The molecule has 3 rings (SSSR count). The van der Waals surface area contributed by atoms with E-state index in [1.54, 1.807) is 0 Å². The molecule has 3 N–H and O–H groups in total. The van der Waals surface area contributed by atoms with Crippen LogP contribution in [-0.2, 0) is 5.60 Å². The summed E-state index contributed by atoms with van der Waals surface area (Å²) in [7, 11) is 0. The third-order valence-electron chi connectivity index (χ3n) is 5.50. The molecule has 0 spiro atoms. The lowest BCUT2D eigenvalue weighted by Gasteiger charge is -2.33. The lowest BCUT2D eigenvalue weighted by atomic mass is 9.89. The van der Waals surface area contributed by atoms with E-state index in [1.807, 2.05) is 0 Å². The number of halogens is 7. The second-order valence-electron chi connectivity index (χ2n) is 8.19. The topological polar surface area (TPSA) is 78.4 Å². The number of carbonyl (C=O) groups excluding carboxylic acids is 2. The van der Waals surface area contributed by atoms with Crippen LogP contribution in [0.1, 0.15) is 37.4 Å². The zero-order valence-electron chi connectivity index (χ0n) is 19.2. The minimum absolute atomic E-state index is 0.0156. The molecule has 0 aliphatic heterocycles. The molecular weight excluding hydrogens is 509 g/mol. The summed E-state index contributed by atoms with van der Waals surface area (Å²) < 4.78 is 92.5. The van der Waals surface area contributed by atoms with Crippen LogP contribution in [0.5, 0.6) is 0 Å². The molecule has 0 unspecified atom stereocenters. The van der Waals surface area contributed by atoms with Gasteiger partial charge in [-0.05, 0) is 67.4 Å². The number of hydrogen-bond acceptors (Lipinski definition) is 3. The Balaban J connectivity index is 1.86. The first-order valence-electron chi connectivity index (χ1n) is 10.5. The number of rotatable bonds is 5. The van der Waals surface area contributed by atoms with Crippen LogP contribution in [0.25, 0.3) is 0 Å². The number of benzene rings is 3. The molecule has 0 radical (unpaired) electrons. The molecule has 0 atom stereocenters. The summed E-state index contributed by atoms with van der Waals surface area (Å²) in [4.78, 5) is 25.1. The van der Waals surface area contributed by atoms with Gasteiger partial charge >= 0.3 is 12.4 Å². The second-order valence-corrected chi connectivity index (χ2v) is 8.19. The van der Waals surface area contributed by atoms with Crippen LogP contribution in [0, 0.1) is 19.7 Å². The maximum Gasteiger partial charge on any atom is 0.430 e. The molecule has 0 saturated heterocycles. The van der Waals surface area contributed by atoms with E-state index in [4.69, 9.17) is 0 Å². The lowest BCUT2D eigenvalue weighted by molar-refractivity contribution is -0.376. The monoisotopic (exact) mass is 528 g/mol. The molecule has 0 bridgehead atoms. The van der Waals surface area contributed by atoms with E-state index in [9.17, 15) is 45.4 Å². The Morgan fingerprint density at radius 2 is 1.24 bits per heavy atom. The highest BCUT2D eigenvalue weighted by Gasteiger charge is 2.71. The summed E-state index contributed by atoms with van der Waals surface area (Å²) in [6.07, 6.45) is -12.1. The maximum atomic E-state index is 13.2. The number of anilines is 2. The molecule has 0 heterocycles. The molecule has 5 nitrogen and oxygen atoms in total. The Morgan fingerprint density at radius 1 is 0.730 bits per heavy atom. The van der Waals surface area contributed by atoms with E-state index in [0.717, 1.165) is 12.1 Å². The molecule has 0 aliphatic carbocycles. The van der Waals surface area contributed by atoms with Gasteiger partial charge in [0.05, 0.1) is 0 Å². The number of amides is 2. The number of aryl methyl sites for hydroxylation is 2. The van der Waals surface area contributed by atoms with Gasteiger partial charge in [-0.2, -0.15) is 26.3 Å². The second kappa shape index (κ2) is 9.85. The Hall–Kier alpha value is -3.93. The highest BCUT2D eigenvalue weighted by Crippen LogP contribution is 2.50. The van der Waals surface area contributed by atoms with E-state index in [1.165, 1.54) is 50.2 Å². The Labute approximate surface area is 205 Å². The fraction of sp³-hybridized carbons (Fsp3) is 0.200. The number of aliphatic hydroxyl groups is 1. The van der Waals surface area contributed by atoms with Gasteiger partial charge in [-0.1, -0.05) is 18.2 Å². The molecule has 12 heteroatoms. The highest BCUT2D eigenvalue weighted by molar-refractivity contribution is 6.07. The van der Waals surface area contributed by atoms with Gasteiger partial charge < -0.3 is 15.7 Å². The van der Waals surface area contributed by atoms with Crippen molar-refractivity contribution < 1.29 is 45.4 Å². The van der Waals surface area contributed by atoms with Gasteiger partial charge in [0, 0.05) is 28.1 Å². The van der Waals surface area contributed by atoms with Gasteiger partial charge in [0.1, 0.15) is 5.82 Å². The summed E-state index contributed by atoms with van der Waals surface area (Å²) in [5, 5.41) is 14.6. The van der Waals surface area contributed by atoms with Gasteiger partial charge in [0.25, 0.3) is 17.4 Å². The predicted molar refractivity (Wildman–Crippen MR) is 121 cm³/mol. The van der Waals surface area contributed by atoms with Crippen LogP contribution in [0.15, 0.2) is 60.7 Å². The molecule has 2 amide bonds. The van der Waals surface area contributed by atoms with Crippen LogP contribution >= 0.6 is 0 Å². The quantitative estimate of drug-likeness (QED) is 0.342. The molecule has 0 saturated carbocycles. The van der Waals surface area contributed by atoms with E-state index in [-0.39, 0.29) is 33.6 Å². The molecule has 37 heavy (non-hydrogen) atoms. The number of nitrogens with one attached hydrogen (secondary N) is 2. The highest BCUT2D eigenvalue weighted by atomic mass is 19.4. The summed E-state index contributed by atoms with van der Waals surface area (Å²) in [6.45, 7) is 2.36. The number of alkyl halides is 6. The Morgan fingerprint density at radius 3 is 1.76 bits per heavy atom. The summed E-state index contributed by atoms with van der Waals surface area (Å²) in [5.41, 5.74) is -6.54. The van der Waals surface area contributed by atoms with Crippen molar-refractivity contribution in [3.8, 4) is 0 Å². The van der Waals surface area contributed by atoms with Crippen LogP contribution in [0.3, 0.4) is 0 Å². The van der Waals surface area contributed by atoms with Crippen molar-refractivity contribution in [2.24, 2.45) is 0 Å². The van der Waals surface area contributed by atoms with E-state index < -0.39 is 41.1 Å². The lowest BCUT2D eigenvalue weighted by Crippen LogP contribution is -2.54. The SMILES string of the molecule is Cc1cc(C(O)(C(F)(F)F)C(F)(F)F)cc(C)c1NC(=O)c1cccc(NC(=O)c2ccc(F)cc2)c1. The average Bonchev–Trinajstić information content (AvgIpc) is 2.79. The van der Waals surface area contributed by atoms with Gasteiger partial charge in [-0.15, -0.1) is 0 Å². The summed E-state index contributed by atoms with van der Waals surface area (Å²) in [5.74, 6) is -1.88. The first-order valence-corrected chi connectivity index (χ1v) is 10.5. The smallest absolute Gasteiger partial charge is 0.369 e. The van der Waals surface area contributed by atoms with Gasteiger partial charge in [0.2, 0.25) is 0 Å². The third-order valence-corrected chi connectivity index (χ3v) is 5.50. The van der Waals surface area contributed by atoms with Crippen LogP contribution in [-0.4, -0.2) is 29.3 Å². The van der Waals surface area contributed by atoms with Crippen LogP contribution < -0.4 is 10.6 Å². The standard InChI is InChI=1S/C25H19F7N2O3/c1-13-10-17(23(37,24(27,28)29)25(30,31)32)11-14(2)20(13)34-22(36)16-4-3-5-19(12-16)33-21(35)15-6-8-18(26)9-7-15/h3-12,37H,1-2H3,(H,33,35)(H,34,36). The van der Waals surface area contributed by atoms with E-state index in [0.29, 0.717) is 12.1 Å².